The van der Waals surface area contributed by atoms with Gasteiger partial charge in [0.05, 0.1) is 12.2 Å². The van der Waals surface area contributed by atoms with Crippen LogP contribution >= 0.6 is 11.8 Å². The van der Waals surface area contributed by atoms with Crippen molar-refractivity contribution in [2.45, 2.75) is 58.8 Å². The standard InChI is InChI=1S/C11H22ClNO3/c1-10(2,3)15-7-8(13-12)9(14)16-11(4,5)6/h8,13H,7H2,1-6H3. The topological polar surface area (TPSA) is 47.6 Å². The third kappa shape index (κ3) is 7.91. The fourth-order valence-electron chi connectivity index (χ4n) is 0.850. The number of rotatable bonds is 4. The predicted octanol–water partition coefficient (Wildman–Crippen LogP) is 2.26. The molecule has 0 rings (SSSR count). The lowest BCUT2D eigenvalue weighted by Crippen LogP contribution is -2.42. The maximum atomic E-state index is 11.7. The first-order valence-electron chi connectivity index (χ1n) is 5.28. The smallest absolute Gasteiger partial charge is 0.327 e. The number of esters is 1. The van der Waals surface area contributed by atoms with Gasteiger partial charge in [0.1, 0.15) is 11.6 Å². The molecule has 1 atom stereocenters. The second kappa shape index (κ2) is 5.84. The minimum absolute atomic E-state index is 0.182. The lowest BCUT2D eigenvalue weighted by atomic mass is 10.2. The molecule has 0 heterocycles. The molecule has 0 aromatic rings. The van der Waals surface area contributed by atoms with Crippen LogP contribution in [0.1, 0.15) is 41.5 Å². The molecule has 96 valence electrons. The maximum absolute atomic E-state index is 11.7. The third-order valence-corrected chi connectivity index (χ3v) is 1.77. The van der Waals surface area contributed by atoms with Gasteiger partial charge in [-0.05, 0) is 53.3 Å². The van der Waals surface area contributed by atoms with Crippen LogP contribution in [0.4, 0.5) is 0 Å². The van der Waals surface area contributed by atoms with Crippen molar-refractivity contribution in [3.8, 4) is 0 Å². The number of carbonyl (C=O) groups excluding carboxylic acids is 1. The normalized spacial score (nSPS) is 14.7. The lowest BCUT2D eigenvalue weighted by Gasteiger charge is -2.26. The summed E-state index contributed by atoms with van der Waals surface area (Å²) in [5.74, 6) is -0.410. The molecule has 0 aliphatic rings. The monoisotopic (exact) mass is 251 g/mol. The van der Waals surface area contributed by atoms with Crippen LogP contribution in [0, 0.1) is 0 Å². The third-order valence-electron chi connectivity index (χ3n) is 1.51. The number of nitrogens with one attached hydrogen (secondary N) is 1. The summed E-state index contributed by atoms with van der Waals surface area (Å²) < 4.78 is 10.7. The molecule has 0 aliphatic heterocycles. The zero-order valence-corrected chi connectivity index (χ0v) is 11.6. The Balaban J connectivity index is 4.23. The summed E-state index contributed by atoms with van der Waals surface area (Å²) in [6.45, 7) is 11.3. The Morgan fingerprint density at radius 3 is 2.00 bits per heavy atom. The van der Waals surface area contributed by atoms with Crippen molar-refractivity contribution in [2.75, 3.05) is 6.61 Å². The summed E-state index contributed by atoms with van der Waals surface area (Å²) in [4.78, 5) is 14.0. The van der Waals surface area contributed by atoms with Gasteiger partial charge in [-0.15, -0.1) is 0 Å². The Labute approximate surface area is 103 Å². The van der Waals surface area contributed by atoms with E-state index in [1.807, 2.05) is 20.8 Å². The zero-order chi connectivity index (χ0) is 13.0. The van der Waals surface area contributed by atoms with Crippen LogP contribution in [0.25, 0.3) is 0 Å². The van der Waals surface area contributed by atoms with E-state index >= 15 is 0 Å². The molecular weight excluding hydrogens is 230 g/mol. The molecule has 0 spiro atoms. The van der Waals surface area contributed by atoms with Crippen molar-refractivity contribution >= 4 is 17.7 Å². The molecule has 0 fully saturated rings. The number of hydrogen-bond donors (Lipinski definition) is 1. The van der Waals surface area contributed by atoms with Gasteiger partial charge in [-0.1, -0.05) is 0 Å². The van der Waals surface area contributed by atoms with Gasteiger partial charge in [0, 0.05) is 0 Å². The van der Waals surface area contributed by atoms with E-state index in [0.29, 0.717) is 0 Å². The van der Waals surface area contributed by atoms with Crippen LogP contribution in [-0.2, 0) is 14.3 Å². The minimum atomic E-state index is -0.653. The van der Waals surface area contributed by atoms with Gasteiger partial charge < -0.3 is 9.47 Å². The highest BCUT2D eigenvalue weighted by molar-refractivity contribution is 6.14. The quantitative estimate of drug-likeness (QED) is 0.615. The van der Waals surface area contributed by atoms with Crippen LogP contribution in [0.5, 0.6) is 0 Å². The Kier molecular flexibility index (Phi) is 5.73. The lowest BCUT2D eigenvalue weighted by molar-refractivity contribution is -0.159. The number of hydrogen-bond acceptors (Lipinski definition) is 4. The molecule has 5 heteroatoms. The van der Waals surface area contributed by atoms with Crippen molar-refractivity contribution in [1.29, 1.82) is 0 Å². The largest absolute Gasteiger partial charge is 0.459 e. The van der Waals surface area contributed by atoms with Crippen LogP contribution in [0.15, 0.2) is 0 Å². The summed E-state index contributed by atoms with van der Waals surface area (Å²) in [7, 11) is 0. The molecule has 16 heavy (non-hydrogen) atoms. The predicted molar refractivity (Wildman–Crippen MR) is 64.3 cm³/mol. The van der Waals surface area contributed by atoms with Gasteiger partial charge in [-0.25, -0.2) is 4.84 Å². The van der Waals surface area contributed by atoms with Crippen molar-refractivity contribution < 1.29 is 14.3 Å². The van der Waals surface area contributed by atoms with E-state index in [4.69, 9.17) is 21.3 Å². The maximum Gasteiger partial charge on any atom is 0.327 e. The van der Waals surface area contributed by atoms with Crippen LogP contribution < -0.4 is 4.84 Å². The molecular formula is C11H22ClNO3. The number of ether oxygens (including phenoxy) is 2. The number of carbonyl (C=O) groups is 1. The van der Waals surface area contributed by atoms with E-state index in [-0.39, 0.29) is 12.2 Å². The van der Waals surface area contributed by atoms with E-state index < -0.39 is 17.6 Å². The summed E-state index contributed by atoms with van der Waals surface area (Å²) in [5, 5.41) is 0. The first-order chi connectivity index (χ1) is 7.05. The van der Waals surface area contributed by atoms with Crippen LogP contribution in [-0.4, -0.2) is 29.8 Å². The Bertz CT molecular complexity index is 230. The molecule has 0 saturated carbocycles. The Morgan fingerprint density at radius 1 is 1.19 bits per heavy atom. The molecule has 0 amide bonds. The molecule has 1 unspecified atom stereocenters. The van der Waals surface area contributed by atoms with Gasteiger partial charge in [0.25, 0.3) is 0 Å². The fraction of sp³-hybridized carbons (Fsp3) is 0.909. The molecule has 4 nitrogen and oxygen atoms in total. The van der Waals surface area contributed by atoms with E-state index in [2.05, 4.69) is 4.84 Å². The van der Waals surface area contributed by atoms with E-state index in [1.165, 1.54) is 0 Å². The second-order valence-corrected chi connectivity index (χ2v) is 5.84. The Morgan fingerprint density at radius 2 is 1.69 bits per heavy atom. The summed E-state index contributed by atoms with van der Waals surface area (Å²) in [5.41, 5.74) is -0.835. The van der Waals surface area contributed by atoms with E-state index in [9.17, 15) is 4.79 Å². The van der Waals surface area contributed by atoms with Crippen LogP contribution in [0.2, 0.25) is 0 Å². The first-order valence-corrected chi connectivity index (χ1v) is 5.66. The van der Waals surface area contributed by atoms with Crippen molar-refractivity contribution in [1.82, 2.24) is 4.84 Å². The molecule has 0 aliphatic carbocycles. The summed E-state index contributed by atoms with van der Waals surface area (Å²) in [6, 6.07) is -0.653. The van der Waals surface area contributed by atoms with Gasteiger partial charge in [0.15, 0.2) is 0 Å². The van der Waals surface area contributed by atoms with Gasteiger partial charge in [0.2, 0.25) is 0 Å². The van der Waals surface area contributed by atoms with Crippen molar-refractivity contribution in [3.05, 3.63) is 0 Å². The summed E-state index contributed by atoms with van der Waals surface area (Å²) in [6.07, 6.45) is 0. The fourth-order valence-corrected chi connectivity index (χ4v) is 1.00. The molecule has 0 aromatic heterocycles. The van der Waals surface area contributed by atoms with Gasteiger partial charge >= 0.3 is 5.97 Å². The van der Waals surface area contributed by atoms with Crippen molar-refractivity contribution in [3.63, 3.8) is 0 Å². The summed E-state index contributed by atoms with van der Waals surface area (Å²) >= 11 is 5.49. The number of halogens is 1. The molecule has 0 bridgehead atoms. The average Bonchev–Trinajstić information content (AvgIpc) is 1.99. The van der Waals surface area contributed by atoms with Gasteiger partial charge in [-0.2, -0.15) is 0 Å². The minimum Gasteiger partial charge on any atom is -0.459 e. The highest BCUT2D eigenvalue weighted by Gasteiger charge is 2.26. The zero-order valence-electron chi connectivity index (χ0n) is 10.9. The first kappa shape index (κ1) is 15.7. The molecule has 0 aromatic carbocycles. The molecule has 0 radical (unpaired) electrons. The van der Waals surface area contributed by atoms with Crippen LogP contribution in [0.3, 0.4) is 0 Å². The van der Waals surface area contributed by atoms with E-state index in [1.54, 1.807) is 20.8 Å². The Hall–Kier alpha value is -0.320. The van der Waals surface area contributed by atoms with Gasteiger partial charge in [-0.3, -0.25) is 4.79 Å². The highest BCUT2D eigenvalue weighted by Crippen LogP contribution is 2.11. The second-order valence-electron chi connectivity index (χ2n) is 5.62. The SMILES string of the molecule is CC(C)(C)OCC(NCl)C(=O)OC(C)(C)C. The highest BCUT2D eigenvalue weighted by atomic mass is 35.5. The molecule has 0 saturated heterocycles. The van der Waals surface area contributed by atoms with E-state index in [0.717, 1.165) is 0 Å². The average molecular weight is 252 g/mol. The molecule has 1 N–H and O–H groups in total. The van der Waals surface area contributed by atoms with Crippen molar-refractivity contribution in [2.24, 2.45) is 0 Å².